The number of piperidine rings is 1. The Morgan fingerprint density at radius 3 is 2.83 bits per heavy atom. The number of hydrogen-bond acceptors (Lipinski definition) is 6. The molecule has 4 heterocycles. The fourth-order valence-electron chi connectivity index (χ4n) is 3.10. The summed E-state index contributed by atoms with van der Waals surface area (Å²) in [7, 11) is 0. The van der Waals surface area contributed by atoms with Crippen LogP contribution in [0.3, 0.4) is 0 Å². The third kappa shape index (κ3) is 2.94. The zero-order valence-corrected chi connectivity index (χ0v) is 14.7. The topological polar surface area (TPSA) is 51.1 Å². The van der Waals surface area contributed by atoms with Gasteiger partial charge in [0, 0.05) is 48.4 Å². The molecular weight excluding hydrogens is 320 g/mol. The Balaban J connectivity index is 1.45. The smallest absolute Gasteiger partial charge is 0.235 e. The van der Waals surface area contributed by atoms with Crippen LogP contribution < -0.4 is 9.64 Å². The maximum absolute atomic E-state index is 6.10. The van der Waals surface area contributed by atoms with Gasteiger partial charge in [-0.1, -0.05) is 0 Å². The Hall–Kier alpha value is -2.21. The molecule has 0 amide bonds. The quantitative estimate of drug-likeness (QED) is 0.727. The lowest BCUT2D eigenvalue weighted by molar-refractivity contribution is 0.161. The third-order valence-corrected chi connectivity index (χ3v) is 5.29. The van der Waals surface area contributed by atoms with E-state index in [0.717, 1.165) is 43.1 Å². The number of thiophene rings is 1. The number of rotatable bonds is 3. The number of aryl methyl sites for hydroxylation is 2. The molecule has 1 saturated heterocycles. The van der Waals surface area contributed by atoms with Gasteiger partial charge in [0.25, 0.3) is 0 Å². The van der Waals surface area contributed by atoms with Crippen molar-refractivity contribution < 1.29 is 4.74 Å². The van der Waals surface area contributed by atoms with E-state index in [9.17, 15) is 0 Å². The maximum atomic E-state index is 6.10. The van der Waals surface area contributed by atoms with Crippen molar-refractivity contribution in [1.82, 2.24) is 15.0 Å². The average Bonchev–Trinajstić information content (AvgIpc) is 3.08. The average molecular weight is 340 g/mol. The molecule has 124 valence electrons. The lowest BCUT2D eigenvalue weighted by Crippen LogP contribution is -2.39. The molecule has 0 aromatic carbocycles. The highest BCUT2D eigenvalue weighted by Crippen LogP contribution is 2.30. The van der Waals surface area contributed by atoms with Gasteiger partial charge in [-0.05, 0) is 31.4 Å². The van der Waals surface area contributed by atoms with E-state index in [4.69, 9.17) is 4.74 Å². The first-order valence-electron chi connectivity index (χ1n) is 8.25. The molecule has 0 radical (unpaired) electrons. The number of anilines is 1. The van der Waals surface area contributed by atoms with Crippen LogP contribution in [0.2, 0.25) is 0 Å². The van der Waals surface area contributed by atoms with Gasteiger partial charge < -0.3 is 9.64 Å². The van der Waals surface area contributed by atoms with E-state index in [2.05, 4.69) is 37.4 Å². The first-order chi connectivity index (χ1) is 11.7. The largest absolute Gasteiger partial charge is 0.473 e. The Bertz CT molecular complexity index is 855. The predicted octanol–water partition coefficient (Wildman–Crippen LogP) is 3.75. The van der Waals surface area contributed by atoms with Crippen LogP contribution in [-0.2, 0) is 0 Å². The van der Waals surface area contributed by atoms with Gasteiger partial charge in [-0.15, -0.1) is 11.3 Å². The van der Waals surface area contributed by atoms with E-state index in [0.29, 0.717) is 5.88 Å². The first kappa shape index (κ1) is 15.3. The van der Waals surface area contributed by atoms with Crippen LogP contribution in [0.15, 0.2) is 29.9 Å². The summed E-state index contributed by atoms with van der Waals surface area (Å²) < 4.78 is 7.40. The van der Waals surface area contributed by atoms with Crippen molar-refractivity contribution in [1.29, 1.82) is 0 Å². The maximum Gasteiger partial charge on any atom is 0.235 e. The summed E-state index contributed by atoms with van der Waals surface area (Å²) in [5.74, 6) is 1.77. The van der Waals surface area contributed by atoms with Gasteiger partial charge in [-0.3, -0.25) is 4.98 Å². The van der Waals surface area contributed by atoms with E-state index in [1.807, 2.05) is 20.0 Å². The minimum absolute atomic E-state index is 0.192. The summed E-state index contributed by atoms with van der Waals surface area (Å²) in [5, 5.41) is 3.38. The van der Waals surface area contributed by atoms with Gasteiger partial charge in [0.2, 0.25) is 5.88 Å². The predicted molar refractivity (Wildman–Crippen MR) is 97.0 cm³/mol. The van der Waals surface area contributed by atoms with E-state index in [-0.39, 0.29) is 6.10 Å². The molecule has 1 aliphatic rings. The molecule has 0 aliphatic carbocycles. The summed E-state index contributed by atoms with van der Waals surface area (Å²) >= 11 is 1.76. The highest BCUT2D eigenvalue weighted by Gasteiger charge is 2.23. The molecule has 0 atom stereocenters. The molecule has 6 heteroatoms. The summed E-state index contributed by atoms with van der Waals surface area (Å²) in [5.41, 5.74) is 1.74. The van der Waals surface area contributed by atoms with Crippen molar-refractivity contribution in [3.63, 3.8) is 0 Å². The number of nitrogens with zero attached hydrogens (tertiary/aromatic N) is 4. The third-order valence-electron chi connectivity index (χ3n) is 4.41. The normalized spacial score (nSPS) is 15.8. The second-order valence-corrected chi connectivity index (χ2v) is 7.12. The number of fused-ring (bicyclic) bond motifs is 1. The first-order valence-corrected chi connectivity index (χ1v) is 9.13. The van der Waals surface area contributed by atoms with Crippen LogP contribution in [0.5, 0.6) is 5.88 Å². The second-order valence-electron chi connectivity index (χ2n) is 6.17. The van der Waals surface area contributed by atoms with E-state index in [1.54, 1.807) is 17.5 Å². The summed E-state index contributed by atoms with van der Waals surface area (Å²) in [6.45, 7) is 5.78. The molecule has 3 aromatic heterocycles. The Kier molecular flexibility index (Phi) is 4.06. The van der Waals surface area contributed by atoms with Gasteiger partial charge in [0.1, 0.15) is 11.9 Å². The molecule has 0 N–H and O–H groups in total. The number of aromatic nitrogens is 3. The minimum Gasteiger partial charge on any atom is -0.473 e. The van der Waals surface area contributed by atoms with Crippen molar-refractivity contribution in [3.05, 3.63) is 41.3 Å². The van der Waals surface area contributed by atoms with Crippen LogP contribution in [0.1, 0.15) is 24.2 Å². The van der Waals surface area contributed by atoms with Gasteiger partial charge in [0.15, 0.2) is 0 Å². The van der Waals surface area contributed by atoms with Crippen LogP contribution in [0.25, 0.3) is 10.1 Å². The number of pyridine rings is 1. The van der Waals surface area contributed by atoms with Crippen LogP contribution >= 0.6 is 11.3 Å². The molecular formula is C18H20N4OS. The van der Waals surface area contributed by atoms with Gasteiger partial charge in [-0.2, -0.15) is 0 Å². The highest BCUT2D eigenvalue weighted by molar-refractivity contribution is 7.17. The van der Waals surface area contributed by atoms with Gasteiger partial charge in [0.05, 0.1) is 11.4 Å². The van der Waals surface area contributed by atoms with Crippen molar-refractivity contribution in [2.75, 3.05) is 18.0 Å². The van der Waals surface area contributed by atoms with E-state index < -0.39 is 0 Å². The van der Waals surface area contributed by atoms with Crippen molar-refractivity contribution >= 4 is 27.2 Å². The minimum atomic E-state index is 0.192. The molecule has 0 bridgehead atoms. The fourth-order valence-corrected chi connectivity index (χ4v) is 3.88. The van der Waals surface area contributed by atoms with Crippen molar-refractivity contribution in [3.8, 4) is 5.88 Å². The zero-order valence-electron chi connectivity index (χ0n) is 13.9. The lowest BCUT2D eigenvalue weighted by Gasteiger charge is -2.33. The monoisotopic (exact) mass is 340 g/mol. The van der Waals surface area contributed by atoms with Crippen LogP contribution in [0.4, 0.5) is 5.82 Å². The molecule has 1 fully saturated rings. The van der Waals surface area contributed by atoms with Gasteiger partial charge >= 0.3 is 0 Å². The number of hydrogen-bond donors (Lipinski definition) is 0. The van der Waals surface area contributed by atoms with Crippen LogP contribution in [0, 0.1) is 13.8 Å². The van der Waals surface area contributed by atoms with Crippen LogP contribution in [-0.4, -0.2) is 34.1 Å². The molecule has 5 nitrogen and oxygen atoms in total. The molecule has 24 heavy (non-hydrogen) atoms. The van der Waals surface area contributed by atoms with Crippen molar-refractivity contribution in [2.45, 2.75) is 32.8 Å². The SMILES string of the molecule is Cc1cnc(C)c(OC2CCN(c3nccc4sccc34)CC2)n1. The fraction of sp³-hybridized carbons (Fsp3) is 0.389. The summed E-state index contributed by atoms with van der Waals surface area (Å²) in [6, 6.07) is 4.25. The molecule has 1 aliphatic heterocycles. The Morgan fingerprint density at radius 2 is 2.00 bits per heavy atom. The molecule has 0 unspecified atom stereocenters. The summed E-state index contributed by atoms with van der Waals surface area (Å²) in [6.07, 6.45) is 5.81. The summed E-state index contributed by atoms with van der Waals surface area (Å²) in [4.78, 5) is 15.8. The molecule has 0 saturated carbocycles. The van der Waals surface area contributed by atoms with Gasteiger partial charge in [-0.25, -0.2) is 9.97 Å². The molecule has 4 rings (SSSR count). The number of ether oxygens (including phenoxy) is 1. The molecule has 3 aromatic rings. The van der Waals surface area contributed by atoms with E-state index >= 15 is 0 Å². The Labute approximate surface area is 145 Å². The lowest BCUT2D eigenvalue weighted by atomic mass is 10.1. The Morgan fingerprint density at radius 1 is 1.17 bits per heavy atom. The highest BCUT2D eigenvalue weighted by atomic mass is 32.1. The zero-order chi connectivity index (χ0) is 16.5. The standard InChI is InChI=1S/C18H20N4OS/c1-12-11-20-13(2)18(21-12)23-14-4-8-22(9-5-14)17-15-6-10-24-16(15)3-7-19-17/h3,6-7,10-11,14H,4-5,8-9H2,1-2H3. The second kappa shape index (κ2) is 6.36. The van der Waals surface area contributed by atoms with Crippen molar-refractivity contribution in [2.24, 2.45) is 0 Å². The van der Waals surface area contributed by atoms with E-state index in [1.165, 1.54) is 10.1 Å². The molecule has 0 spiro atoms.